The monoisotopic (exact) mass is 895 g/mol. The fourth-order valence-corrected chi connectivity index (χ4v) is 10.6. The number of hydrogen-bond acceptors (Lipinski definition) is 4. The molecule has 0 spiro atoms. The molecule has 0 bridgehead atoms. The van der Waals surface area contributed by atoms with Crippen LogP contribution in [0.5, 0.6) is 11.5 Å². The van der Waals surface area contributed by atoms with Crippen LogP contribution < -0.4 is 9.64 Å². The molecule has 0 atom stereocenters. The van der Waals surface area contributed by atoms with E-state index in [0.717, 1.165) is 101 Å². The van der Waals surface area contributed by atoms with Crippen LogP contribution in [0.15, 0.2) is 249 Å². The van der Waals surface area contributed by atoms with Gasteiger partial charge in [0.25, 0.3) is 0 Å². The van der Waals surface area contributed by atoms with Gasteiger partial charge in [-0.2, -0.15) is 0 Å². The first-order valence-corrected chi connectivity index (χ1v) is 23.7. The lowest BCUT2D eigenvalue weighted by atomic mass is 9.98. The molecule has 0 fully saturated rings. The van der Waals surface area contributed by atoms with E-state index in [0.29, 0.717) is 5.82 Å². The van der Waals surface area contributed by atoms with Crippen molar-refractivity contribution in [1.29, 1.82) is 0 Å². The number of rotatable bonds is 7. The van der Waals surface area contributed by atoms with Gasteiger partial charge >= 0.3 is 0 Å². The van der Waals surface area contributed by atoms with Crippen molar-refractivity contribution in [1.82, 2.24) is 19.1 Å². The van der Waals surface area contributed by atoms with Crippen molar-refractivity contribution in [2.75, 3.05) is 4.90 Å². The molecular weight excluding hydrogens is 855 g/mol. The molecule has 0 aliphatic carbocycles. The van der Waals surface area contributed by atoms with Crippen molar-refractivity contribution in [3.05, 3.63) is 249 Å². The van der Waals surface area contributed by atoms with Crippen LogP contribution in [0.1, 0.15) is 0 Å². The Kier molecular flexibility index (Phi) is 9.10. The van der Waals surface area contributed by atoms with E-state index in [-0.39, 0.29) is 0 Å². The van der Waals surface area contributed by atoms with Gasteiger partial charge in [0.15, 0.2) is 17.3 Å². The molecule has 70 heavy (non-hydrogen) atoms. The van der Waals surface area contributed by atoms with Crippen molar-refractivity contribution >= 4 is 60.7 Å². The summed E-state index contributed by atoms with van der Waals surface area (Å²) in [6.45, 7) is 0. The van der Waals surface area contributed by atoms with Crippen LogP contribution in [0.3, 0.4) is 0 Å². The Labute approximate surface area is 404 Å². The maximum absolute atomic E-state index is 6.71. The van der Waals surface area contributed by atoms with Crippen molar-refractivity contribution in [2.45, 2.75) is 0 Å². The third kappa shape index (κ3) is 6.35. The lowest BCUT2D eigenvalue weighted by Gasteiger charge is -2.36. The van der Waals surface area contributed by atoms with Crippen molar-refractivity contribution < 1.29 is 4.74 Å². The Balaban J connectivity index is 1.07. The lowest BCUT2D eigenvalue weighted by Crippen LogP contribution is -2.20. The number of nitrogens with zero attached hydrogens (tertiary/aromatic N) is 5. The molecule has 1 aliphatic rings. The molecule has 0 amide bonds. The highest BCUT2D eigenvalue weighted by Gasteiger charge is 2.32. The standard InChI is InChI=1S/C64H41N5O/c1-3-19-43(20-4-1)51-41-52(66-64(65-51)45-21-5-2-6-22-45)44-37-35-42(36-38-44)46-39-59(67-53-27-11-7-23-47(53)48-24-8-12-28-54(48)67)63(69-57-31-15-17-33-61(57)70-62-34-18-16-32-58(62)69)60(40-46)68-55-29-13-9-25-49(55)50-26-10-14-30-56(50)68/h1-41H. The fraction of sp³-hybridized carbons (Fsp3) is 0. The Morgan fingerprint density at radius 1 is 0.286 bits per heavy atom. The Morgan fingerprint density at radius 2 is 0.657 bits per heavy atom. The van der Waals surface area contributed by atoms with E-state index in [2.05, 4.69) is 226 Å². The minimum Gasteiger partial charge on any atom is -0.453 e. The van der Waals surface area contributed by atoms with Crippen LogP contribution in [0, 0.1) is 0 Å². The van der Waals surface area contributed by atoms with E-state index in [4.69, 9.17) is 14.7 Å². The highest BCUT2D eigenvalue weighted by molar-refractivity contribution is 6.13. The number of aromatic nitrogens is 4. The molecule has 0 unspecified atom stereocenters. The molecule has 13 aromatic rings. The molecule has 6 nitrogen and oxygen atoms in total. The molecule has 10 aromatic carbocycles. The third-order valence-electron chi connectivity index (χ3n) is 13.7. The molecule has 328 valence electrons. The lowest BCUT2D eigenvalue weighted by molar-refractivity contribution is 0.477. The number of fused-ring (bicyclic) bond motifs is 8. The van der Waals surface area contributed by atoms with Gasteiger partial charge in [-0.25, -0.2) is 9.97 Å². The van der Waals surface area contributed by atoms with E-state index in [1.54, 1.807) is 0 Å². The van der Waals surface area contributed by atoms with Crippen LogP contribution in [0.25, 0.3) is 100 Å². The first-order chi connectivity index (χ1) is 34.7. The van der Waals surface area contributed by atoms with Gasteiger partial charge in [0.1, 0.15) is 0 Å². The Bertz CT molecular complexity index is 3810. The number of anilines is 3. The second-order valence-electron chi connectivity index (χ2n) is 17.7. The normalized spacial score (nSPS) is 12.1. The molecule has 0 saturated heterocycles. The van der Waals surface area contributed by atoms with Gasteiger partial charge in [-0.05, 0) is 77.9 Å². The van der Waals surface area contributed by atoms with E-state index >= 15 is 0 Å². The average Bonchev–Trinajstić information content (AvgIpc) is 3.95. The number of hydrogen-bond donors (Lipinski definition) is 0. The SMILES string of the molecule is c1ccc(-c2cc(-c3ccc(-c4cc(-n5c6ccccc6c6ccccc65)c(N5c6ccccc6Oc6ccccc65)c(-n5c6ccccc6c6ccccc65)c4)cc3)nc(-c3ccccc3)n2)cc1. The molecule has 1 aliphatic heterocycles. The van der Waals surface area contributed by atoms with Gasteiger partial charge in [0, 0.05) is 38.2 Å². The Morgan fingerprint density at radius 3 is 1.13 bits per heavy atom. The number of para-hydroxylation sites is 8. The van der Waals surface area contributed by atoms with Gasteiger partial charge in [-0.1, -0.05) is 182 Å². The van der Waals surface area contributed by atoms with Crippen LogP contribution >= 0.6 is 0 Å². The first kappa shape index (κ1) is 39.6. The van der Waals surface area contributed by atoms with Gasteiger partial charge in [0.2, 0.25) is 0 Å². The van der Waals surface area contributed by atoms with Gasteiger partial charge in [-0.15, -0.1) is 0 Å². The zero-order valence-corrected chi connectivity index (χ0v) is 37.8. The van der Waals surface area contributed by atoms with Crippen LogP contribution in [0.2, 0.25) is 0 Å². The largest absolute Gasteiger partial charge is 0.453 e. The summed E-state index contributed by atoms with van der Waals surface area (Å²) in [5, 5.41) is 4.76. The molecule has 3 aromatic heterocycles. The summed E-state index contributed by atoms with van der Waals surface area (Å²) >= 11 is 0. The summed E-state index contributed by atoms with van der Waals surface area (Å²) in [7, 11) is 0. The molecule has 0 N–H and O–H groups in total. The Hall–Kier alpha value is -9.52. The van der Waals surface area contributed by atoms with Gasteiger partial charge in [0.05, 0.1) is 61.9 Å². The van der Waals surface area contributed by atoms with Gasteiger partial charge < -0.3 is 13.9 Å². The quantitative estimate of drug-likeness (QED) is 0.160. The summed E-state index contributed by atoms with van der Waals surface area (Å²) in [4.78, 5) is 12.7. The molecular formula is C64H41N5O. The fourth-order valence-electron chi connectivity index (χ4n) is 10.6. The van der Waals surface area contributed by atoms with E-state index in [9.17, 15) is 0 Å². The second kappa shape index (κ2) is 16.1. The zero-order valence-electron chi connectivity index (χ0n) is 37.8. The van der Waals surface area contributed by atoms with E-state index in [1.807, 2.05) is 36.4 Å². The summed E-state index contributed by atoms with van der Waals surface area (Å²) in [6, 6.07) is 88.2. The second-order valence-corrected chi connectivity index (χ2v) is 17.7. The van der Waals surface area contributed by atoms with Crippen molar-refractivity contribution in [2.24, 2.45) is 0 Å². The minimum absolute atomic E-state index is 0.689. The van der Waals surface area contributed by atoms with Crippen LogP contribution in [-0.4, -0.2) is 19.1 Å². The summed E-state index contributed by atoms with van der Waals surface area (Å²) in [5.74, 6) is 2.27. The predicted molar refractivity (Wildman–Crippen MR) is 287 cm³/mol. The maximum Gasteiger partial charge on any atom is 0.160 e. The molecule has 6 heteroatoms. The van der Waals surface area contributed by atoms with Gasteiger partial charge in [-0.3, -0.25) is 4.90 Å². The summed E-state index contributed by atoms with van der Waals surface area (Å²) < 4.78 is 11.6. The van der Waals surface area contributed by atoms with E-state index < -0.39 is 0 Å². The predicted octanol–water partition coefficient (Wildman–Crippen LogP) is 16.9. The molecule has 0 radical (unpaired) electrons. The van der Waals surface area contributed by atoms with Crippen molar-refractivity contribution in [3.8, 4) is 67.9 Å². The topological polar surface area (TPSA) is 48.1 Å². The van der Waals surface area contributed by atoms with Crippen LogP contribution in [0.4, 0.5) is 17.1 Å². The van der Waals surface area contributed by atoms with E-state index in [1.165, 1.54) is 21.5 Å². The highest BCUT2D eigenvalue weighted by atomic mass is 16.5. The van der Waals surface area contributed by atoms with Crippen molar-refractivity contribution in [3.63, 3.8) is 0 Å². The molecule has 4 heterocycles. The smallest absolute Gasteiger partial charge is 0.160 e. The minimum atomic E-state index is 0.689. The maximum atomic E-state index is 6.71. The molecule has 14 rings (SSSR count). The number of ether oxygens (including phenoxy) is 1. The van der Waals surface area contributed by atoms with Crippen LogP contribution in [-0.2, 0) is 0 Å². The first-order valence-electron chi connectivity index (χ1n) is 23.7. The number of benzene rings is 10. The highest BCUT2D eigenvalue weighted by Crippen LogP contribution is 2.55. The zero-order chi connectivity index (χ0) is 46.1. The molecule has 0 saturated carbocycles. The third-order valence-corrected chi connectivity index (χ3v) is 13.7. The summed E-state index contributed by atoms with van der Waals surface area (Å²) in [6.07, 6.45) is 0. The average molecular weight is 896 g/mol. The summed E-state index contributed by atoms with van der Waals surface area (Å²) in [5.41, 5.74) is 16.3.